The molecule has 0 aromatic heterocycles. The van der Waals surface area contributed by atoms with E-state index in [9.17, 15) is 14.4 Å². The maximum Gasteiger partial charge on any atom is 0.408 e. The van der Waals surface area contributed by atoms with Crippen molar-refractivity contribution in [2.45, 2.75) is 73.1 Å². The van der Waals surface area contributed by atoms with E-state index < -0.39 is 23.3 Å². The third-order valence-electron chi connectivity index (χ3n) is 6.86. The summed E-state index contributed by atoms with van der Waals surface area (Å²) in [6.07, 6.45) is 10.5. The van der Waals surface area contributed by atoms with Gasteiger partial charge >= 0.3 is 6.09 Å². The number of carbonyl (C=O) groups excluding carboxylic acids is 3. The van der Waals surface area contributed by atoms with Gasteiger partial charge in [-0.3, -0.25) is 14.9 Å². The molecule has 0 bridgehead atoms. The number of amides is 3. The third kappa shape index (κ3) is 10.8. The molecular formula is C30H48N6O5. The highest BCUT2D eigenvalue weighted by Crippen LogP contribution is 2.34. The molecule has 11 nitrogen and oxygen atoms in total. The standard InChI is InChI=1S/C30H48N6O5/c1-10-25(23-12-11-20(2)15-24(16-23)34-27(38)29(5,6)7)33-21(3)36(22(4)40-9)17-26(37)35-30(13-14-30)18-32-28(39)41-19-31-8/h10-12,15-16,22-23,31H,13-14,17-19H2,1-9H3,(H,32,39)(H,34,38)(H,35,37)/b25-10-,33-21?. The van der Waals surface area contributed by atoms with E-state index in [0.29, 0.717) is 18.1 Å². The number of rotatable bonds is 12. The molecule has 2 atom stereocenters. The molecule has 0 radical (unpaired) electrons. The van der Waals surface area contributed by atoms with Gasteiger partial charge in [0.25, 0.3) is 0 Å². The van der Waals surface area contributed by atoms with E-state index >= 15 is 0 Å². The van der Waals surface area contributed by atoms with E-state index in [1.807, 2.05) is 78.8 Å². The number of ether oxygens (including phenoxy) is 2. The Balaban J connectivity index is 2.17. The summed E-state index contributed by atoms with van der Waals surface area (Å²) < 4.78 is 10.5. The first kappa shape index (κ1) is 33.8. The van der Waals surface area contributed by atoms with Crippen LogP contribution in [0.25, 0.3) is 0 Å². The van der Waals surface area contributed by atoms with Crippen LogP contribution in [0, 0.1) is 11.3 Å². The third-order valence-corrected chi connectivity index (χ3v) is 6.86. The minimum atomic E-state index is -0.537. The van der Waals surface area contributed by atoms with Gasteiger partial charge in [0.2, 0.25) is 11.8 Å². The van der Waals surface area contributed by atoms with E-state index in [2.05, 4.69) is 21.3 Å². The summed E-state index contributed by atoms with van der Waals surface area (Å²) >= 11 is 0. The van der Waals surface area contributed by atoms with Crippen molar-refractivity contribution in [3.8, 4) is 0 Å². The molecule has 0 spiro atoms. The lowest BCUT2D eigenvalue weighted by molar-refractivity contribution is -0.127. The molecule has 0 aliphatic heterocycles. The molecule has 4 N–H and O–H groups in total. The van der Waals surface area contributed by atoms with Crippen LogP contribution in [-0.2, 0) is 19.1 Å². The van der Waals surface area contributed by atoms with E-state index in [1.54, 1.807) is 19.1 Å². The average molecular weight is 573 g/mol. The number of carbonyl (C=O) groups is 3. The molecule has 11 heteroatoms. The largest absolute Gasteiger partial charge is 0.434 e. The van der Waals surface area contributed by atoms with Gasteiger partial charge in [0.15, 0.2) is 0 Å². The molecule has 2 aliphatic carbocycles. The first-order valence-electron chi connectivity index (χ1n) is 14.0. The first-order valence-corrected chi connectivity index (χ1v) is 14.0. The number of aliphatic imine (C=N–C) groups is 1. The van der Waals surface area contributed by atoms with Crippen LogP contribution in [0.3, 0.4) is 0 Å². The molecule has 0 aromatic rings. The van der Waals surface area contributed by atoms with Gasteiger partial charge < -0.3 is 30.3 Å². The molecule has 2 unspecified atom stereocenters. The summed E-state index contributed by atoms with van der Waals surface area (Å²) in [6, 6.07) is 0. The van der Waals surface area contributed by atoms with Crippen molar-refractivity contribution in [1.82, 2.24) is 26.2 Å². The van der Waals surface area contributed by atoms with Crippen molar-refractivity contribution >= 4 is 23.7 Å². The van der Waals surface area contributed by atoms with Crippen LogP contribution in [0.1, 0.15) is 61.3 Å². The Hall–Kier alpha value is -3.44. The quantitative estimate of drug-likeness (QED) is 0.160. The van der Waals surface area contributed by atoms with Crippen molar-refractivity contribution in [2.75, 3.05) is 34.0 Å². The van der Waals surface area contributed by atoms with Crippen LogP contribution in [0.4, 0.5) is 4.79 Å². The van der Waals surface area contributed by atoms with Gasteiger partial charge in [0.05, 0.1) is 5.54 Å². The zero-order valence-corrected chi connectivity index (χ0v) is 26.0. The average Bonchev–Trinajstić information content (AvgIpc) is 3.70. The lowest BCUT2D eigenvalue weighted by atomic mass is 9.95. The molecule has 2 aliphatic rings. The SMILES string of the molecule is C/C=C(\N=C(C)N(CC(=O)NC1(CNC(=O)OCNC)CC1)C(C)OC)C1C=CC(C)=CC(NC(=O)C(C)(C)C)=C1. The Morgan fingerprint density at radius 2 is 1.95 bits per heavy atom. The van der Waals surface area contributed by atoms with Gasteiger partial charge in [-0.1, -0.05) is 39.0 Å². The molecule has 2 rings (SSSR count). The Labute approximate surface area is 244 Å². The second-order valence-electron chi connectivity index (χ2n) is 11.5. The first-order chi connectivity index (χ1) is 19.2. The fourth-order valence-electron chi connectivity index (χ4n) is 4.06. The predicted molar refractivity (Wildman–Crippen MR) is 161 cm³/mol. The van der Waals surface area contributed by atoms with Crippen LogP contribution in [0.5, 0.6) is 0 Å². The summed E-state index contributed by atoms with van der Waals surface area (Å²) in [7, 11) is 3.26. The van der Waals surface area contributed by atoms with Crippen molar-refractivity contribution < 1.29 is 23.9 Å². The Morgan fingerprint density at radius 3 is 2.51 bits per heavy atom. The van der Waals surface area contributed by atoms with Crippen LogP contribution >= 0.6 is 0 Å². The summed E-state index contributed by atoms with van der Waals surface area (Å²) in [6.45, 7) is 13.6. The number of nitrogens with zero attached hydrogens (tertiary/aromatic N) is 2. The number of nitrogens with one attached hydrogen (secondary N) is 4. The summed E-state index contributed by atoms with van der Waals surface area (Å²) in [5.41, 5.74) is 1.48. The highest BCUT2D eigenvalue weighted by atomic mass is 16.6. The summed E-state index contributed by atoms with van der Waals surface area (Å²) in [5, 5.41) is 11.5. The second-order valence-corrected chi connectivity index (χ2v) is 11.5. The van der Waals surface area contributed by atoms with Crippen LogP contribution in [0.2, 0.25) is 0 Å². The molecule has 0 saturated heterocycles. The minimum absolute atomic E-state index is 0.0250. The van der Waals surface area contributed by atoms with Gasteiger partial charge in [-0.25, -0.2) is 9.79 Å². The number of hydrogen-bond donors (Lipinski definition) is 4. The van der Waals surface area contributed by atoms with Crippen molar-refractivity contribution in [1.29, 1.82) is 0 Å². The van der Waals surface area contributed by atoms with Gasteiger partial charge in [-0.05, 0) is 65.3 Å². The van der Waals surface area contributed by atoms with Gasteiger partial charge in [-0.2, -0.15) is 0 Å². The Kier molecular flexibility index (Phi) is 12.3. The number of hydrogen-bond acceptors (Lipinski definition) is 7. The topological polar surface area (TPSA) is 133 Å². The number of amidine groups is 1. The molecule has 3 amide bonds. The Bertz CT molecular complexity index is 1110. The lowest BCUT2D eigenvalue weighted by Crippen LogP contribution is -2.51. The predicted octanol–water partition coefficient (Wildman–Crippen LogP) is 3.33. The molecular weight excluding hydrogens is 524 g/mol. The fraction of sp³-hybridized carbons (Fsp3) is 0.600. The number of allylic oxidation sites excluding steroid dienone is 5. The van der Waals surface area contributed by atoms with Crippen LogP contribution in [0.15, 0.2) is 52.3 Å². The summed E-state index contributed by atoms with van der Waals surface area (Å²) in [5.74, 6) is 0.141. The van der Waals surface area contributed by atoms with E-state index in [-0.39, 0.29) is 31.0 Å². The molecule has 228 valence electrons. The molecule has 1 fully saturated rings. The van der Waals surface area contributed by atoms with Gasteiger partial charge in [0.1, 0.15) is 25.3 Å². The molecule has 41 heavy (non-hydrogen) atoms. The monoisotopic (exact) mass is 572 g/mol. The number of methoxy groups -OCH3 is 1. The number of alkyl carbamates (subject to hydrolysis) is 1. The van der Waals surface area contributed by atoms with E-state index in [1.165, 1.54) is 0 Å². The minimum Gasteiger partial charge on any atom is -0.434 e. The molecule has 0 aromatic carbocycles. The highest BCUT2D eigenvalue weighted by Gasteiger charge is 2.44. The van der Waals surface area contributed by atoms with Crippen molar-refractivity contribution in [3.05, 3.63) is 47.3 Å². The molecule has 0 heterocycles. The fourth-order valence-corrected chi connectivity index (χ4v) is 4.06. The molecule has 1 saturated carbocycles. The smallest absolute Gasteiger partial charge is 0.408 e. The Morgan fingerprint density at radius 1 is 1.27 bits per heavy atom. The lowest BCUT2D eigenvalue weighted by Gasteiger charge is -2.30. The van der Waals surface area contributed by atoms with Gasteiger partial charge in [-0.15, -0.1) is 0 Å². The van der Waals surface area contributed by atoms with Crippen molar-refractivity contribution in [3.63, 3.8) is 0 Å². The highest BCUT2D eigenvalue weighted by molar-refractivity contribution is 5.88. The second kappa shape index (κ2) is 15.0. The van der Waals surface area contributed by atoms with Crippen LogP contribution < -0.4 is 21.3 Å². The maximum atomic E-state index is 13.1. The summed E-state index contributed by atoms with van der Waals surface area (Å²) in [4.78, 5) is 44.3. The van der Waals surface area contributed by atoms with E-state index in [4.69, 9.17) is 14.5 Å². The van der Waals surface area contributed by atoms with E-state index in [0.717, 1.165) is 24.1 Å². The van der Waals surface area contributed by atoms with Crippen LogP contribution in [-0.4, -0.2) is 74.4 Å². The van der Waals surface area contributed by atoms with Crippen molar-refractivity contribution in [2.24, 2.45) is 16.3 Å². The zero-order chi connectivity index (χ0) is 30.8. The normalized spacial score (nSPS) is 19.3. The maximum absolute atomic E-state index is 13.1. The zero-order valence-electron chi connectivity index (χ0n) is 26.0. The van der Waals surface area contributed by atoms with Gasteiger partial charge in [0, 0.05) is 36.4 Å².